The van der Waals surface area contributed by atoms with Crippen LogP contribution in [0.4, 0.5) is 18.0 Å². The van der Waals surface area contributed by atoms with Gasteiger partial charge in [0.1, 0.15) is 5.82 Å². The zero-order valence-electron chi connectivity index (χ0n) is 15.9. The van der Waals surface area contributed by atoms with Gasteiger partial charge in [-0.25, -0.2) is 9.78 Å². The average Bonchev–Trinajstić information content (AvgIpc) is 3.35. The summed E-state index contributed by atoms with van der Waals surface area (Å²) in [5, 5.41) is 4.75. The lowest BCUT2D eigenvalue weighted by Crippen LogP contribution is -2.46. The van der Waals surface area contributed by atoms with Gasteiger partial charge in [-0.15, -0.1) is 0 Å². The molecule has 2 aliphatic heterocycles. The summed E-state index contributed by atoms with van der Waals surface area (Å²) in [5.74, 6) is -0.644. The molecule has 1 fully saturated rings. The number of aromatic nitrogens is 2. The summed E-state index contributed by atoms with van der Waals surface area (Å²) < 4.78 is 40.4. The molecule has 30 heavy (non-hydrogen) atoms. The number of nitrogens with zero attached hydrogens (tertiary/aromatic N) is 3. The highest BCUT2D eigenvalue weighted by Crippen LogP contribution is 2.34. The highest BCUT2D eigenvalue weighted by Gasteiger charge is 2.50. The van der Waals surface area contributed by atoms with Crippen molar-refractivity contribution in [3.8, 4) is 0 Å². The second kappa shape index (κ2) is 6.85. The predicted octanol–water partition coefficient (Wildman–Crippen LogP) is 1.80. The molecule has 0 radical (unpaired) electrons. The number of aryl methyl sites for hydroxylation is 1. The maximum Gasteiger partial charge on any atom is 0.416 e. The van der Waals surface area contributed by atoms with Crippen LogP contribution in [0.25, 0.3) is 0 Å². The van der Waals surface area contributed by atoms with Crippen molar-refractivity contribution in [2.75, 3.05) is 0 Å². The van der Waals surface area contributed by atoms with Crippen molar-refractivity contribution in [2.45, 2.75) is 37.6 Å². The van der Waals surface area contributed by atoms with Crippen molar-refractivity contribution in [3.05, 3.63) is 53.1 Å². The fourth-order valence-corrected chi connectivity index (χ4v) is 3.91. The van der Waals surface area contributed by atoms with Gasteiger partial charge in [-0.05, 0) is 29.7 Å². The molecule has 4 rings (SSSR count). The summed E-state index contributed by atoms with van der Waals surface area (Å²) in [7, 11) is 1.67. The van der Waals surface area contributed by atoms with E-state index in [9.17, 15) is 27.6 Å². The fourth-order valence-electron chi connectivity index (χ4n) is 3.91. The zero-order valence-corrected chi connectivity index (χ0v) is 15.9. The first kappa shape index (κ1) is 19.9. The summed E-state index contributed by atoms with van der Waals surface area (Å²) in [5.41, 5.74) is -1.14. The van der Waals surface area contributed by atoms with Gasteiger partial charge in [0.2, 0.25) is 5.91 Å². The minimum absolute atomic E-state index is 0.0328. The van der Waals surface area contributed by atoms with Crippen LogP contribution in [-0.2, 0) is 41.4 Å². The van der Waals surface area contributed by atoms with E-state index >= 15 is 0 Å². The maximum atomic E-state index is 12.9. The quantitative estimate of drug-likeness (QED) is 0.736. The lowest BCUT2D eigenvalue weighted by Gasteiger charge is -2.26. The normalized spacial score (nSPS) is 20.9. The van der Waals surface area contributed by atoms with Crippen LogP contribution in [0.3, 0.4) is 0 Å². The number of carbonyl (C=O) groups is 3. The first-order valence-corrected chi connectivity index (χ1v) is 9.18. The molecule has 2 aromatic rings. The minimum Gasteiger partial charge on any atom is -0.336 e. The molecule has 2 N–H and O–H groups in total. The first-order chi connectivity index (χ1) is 14.1. The fraction of sp³-hybridized carbons (Fsp3) is 0.368. The third-order valence-electron chi connectivity index (χ3n) is 5.47. The van der Waals surface area contributed by atoms with E-state index in [0.29, 0.717) is 11.1 Å². The van der Waals surface area contributed by atoms with Crippen LogP contribution in [0.1, 0.15) is 35.4 Å². The van der Waals surface area contributed by atoms with Crippen molar-refractivity contribution in [1.82, 2.24) is 25.1 Å². The number of benzene rings is 1. The Morgan fingerprint density at radius 2 is 1.97 bits per heavy atom. The van der Waals surface area contributed by atoms with Gasteiger partial charge in [0.05, 0.1) is 5.56 Å². The van der Waals surface area contributed by atoms with Crippen LogP contribution in [0.5, 0.6) is 0 Å². The Morgan fingerprint density at radius 3 is 2.57 bits per heavy atom. The topological polar surface area (TPSA) is 96.3 Å². The Balaban J connectivity index is 1.49. The van der Waals surface area contributed by atoms with Gasteiger partial charge in [-0.3, -0.25) is 14.9 Å². The molecular formula is C19H18F3N5O3. The molecule has 4 amide bonds. The van der Waals surface area contributed by atoms with E-state index in [1.165, 1.54) is 17.2 Å². The molecule has 1 unspecified atom stereocenters. The second-order valence-corrected chi connectivity index (χ2v) is 7.41. The average molecular weight is 421 g/mol. The Hall–Kier alpha value is -3.37. The van der Waals surface area contributed by atoms with Crippen LogP contribution >= 0.6 is 0 Å². The van der Waals surface area contributed by atoms with Crippen molar-refractivity contribution < 1.29 is 27.6 Å². The Bertz CT molecular complexity index is 1050. The minimum atomic E-state index is -4.45. The van der Waals surface area contributed by atoms with Gasteiger partial charge in [0, 0.05) is 39.0 Å². The lowest BCUT2D eigenvalue weighted by molar-refractivity contribution is -0.137. The number of urea groups is 1. The highest BCUT2D eigenvalue weighted by molar-refractivity contribution is 6.07. The summed E-state index contributed by atoms with van der Waals surface area (Å²) in [6.45, 7) is 0.256. The van der Waals surface area contributed by atoms with Crippen LogP contribution in [0, 0.1) is 0 Å². The van der Waals surface area contributed by atoms with Crippen LogP contribution in [0.2, 0.25) is 0 Å². The largest absolute Gasteiger partial charge is 0.416 e. The number of halogens is 3. The summed E-state index contributed by atoms with van der Waals surface area (Å²) in [4.78, 5) is 42.6. The van der Waals surface area contributed by atoms with E-state index in [0.717, 1.165) is 12.1 Å². The molecule has 2 aliphatic rings. The second-order valence-electron chi connectivity index (χ2n) is 7.41. The van der Waals surface area contributed by atoms with Crippen molar-refractivity contribution in [2.24, 2.45) is 7.05 Å². The zero-order chi connectivity index (χ0) is 21.7. The van der Waals surface area contributed by atoms with E-state index in [-0.39, 0.29) is 37.7 Å². The number of imidazole rings is 1. The van der Waals surface area contributed by atoms with Gasteiger partial charge in [0.15, 0.2) is 5.54 Å². The van der Waals surface area contributed by atoms with Crippen LogP contribution < -0.4 is 10.6 Å². The number of carbonyl (C=O) groups excluding carboxylic acids is 3. The molecule has 3 heterocycles. The third-order valence-corrected chi connectivity index (χ3v) is 5.47. The van der Waals surface area contributed by atoms with E-state index in [1.807, 2.05) is 0 Å². The van der Waals surface area contributed by atoms with Gasteiger partial charge in [-0.1, -0.05) is 6.07 Å². The van der Waals surface area contributed by atoms with Crippen LogP contribution in [-0.4, -0.2) is 32.3 Å². The highest BCUT2D eigenvalue weighted by atomic mass is 19.4. The van der Waals surface area contributed by atoms with E-state index in [1.54, 1.807) is 17.8 Å². The molecular weight excluding hydrogens is 403 g/mol. The molecule has 1 aromatic carbocycles. The molecule has 0 spiro atoms. The molecule has 1 aromatic heterocycles. The molecule has 11 heteroatoms. The number of rotatable bonds is 4. The maximum absolute atomic E-state index is 12.9. The van der Waals surface area contributed by atoms with Crippen molar-refractivity contribution in [3.63, 3.8) is 0 Å². The number of fused-ring (bicyclic) bond motifs is 1. The molecule has 0 saturated carbocycles. The van der Waals surface area contributed by atoms with E-state index in [4.69, 9.17) is 0 Å². The first-order valence-electron chi connectivity index (χ1n) is 9.18. The summed E-state index contributed by atoms with van der Waals surface area (Å²) in [6, 6.07) is 2.76. The van der Waals surface area contributed by atoms with Gasteiger partial charge in [-0.2, -0.15) is 13.2 Å². The summed E-state index contributed by atoms with van der Waals surface area (Å²) in [6.07, 6.45) is -1.48. The molecule has 0 bridgehead atoms. The molecule has 8 nitrogen and oxygen atoms in total. The number of amides is 4. The molecule has 0 aliphatic carbocycles. The van der Waals surface area contributed by atoms with Gasteiger partial charge in [0.25, 0.3) is 5.91 Å². The van der Waals surface area contributed by atoms with Crippen LogP contribution in [0.15, 0.2) is 30.6 Å². The Labute approximate surface area is 169 Å². The Morgan fingerprint density at radius 1 is 1.23 bits per heavy atom. The number of alkyl halides is 3. The number of imide groups is 1. The smallest absolute Gasteiger partial charge is 0.336 e. The SMILES string of the molecule is Cn1ccnc1C1(CCC(=O)N2Cc3ccc(C(F)(F)F)cc3C2)NC(=O)NC1=O. The summed E-state index contributed by atoms with van der Waals surface area (Å²) >= 11 is 0. The molecule has 1 saturated heterocycles. The van der Waals surface area contributed by atoms with E-state index < -0.39 is 29.2 Å². The van der Waals surface area contributed by atoms with Gasteiger partial charge >= 0.3 is 12.2 Å². The van der Waals surface area contributed by atoms with E-state index in [2.05, 4.69) is 15.6 Å². The number of hydrogen-bond donors (Lipinski definition) is 2. The monoisotopic (exact) mass is 421 g/mol. The number of nitrogens with one attached hydrogen (secondary N) is 2. The van der Waals surface area contributed by atoms with Gasteiger partial charge < -0.3 is 14.8 Å². The molecule has 158 valence electrons. The molecule has 1 atom stereocenters. The third kappa shape index (κ3) is 3.29. The van der Waals surface area contributed by atoms with Crippen molar-refractivity contribution >= 4 is 17.8 Å². The van der Waals surface area contributed by atoms with Crippen molar-refractivity contribution in [1.29, 1.82) is 0 Å². The number of hydrogen-bond acceptors (Lipinski definition) is 4. The predicted molar refractivity (Wildman–Crippen MR) is 96.5 cm³/mol. The Kier molecular flexibility index (Phi) is 4.55. The lowest BCUT2D eigenvalue weighted by atomic mass is 9.92. The standard InChI is InChI=1S/C19H18F3N5O3/c1-26-7-6-23-15(26)18(16(29)24-17(30)25-18)5-4-14(28)27-9-11-2-3-13(19(20,21)22)8-12(11)10-27/h2-3,6-8H,4-5,9-10H2,1H3,(H2,24,25,29,30).